The molecule has 2 N–H and O–H groups in total. The molecular formula is C16H16ClNO2. The van der Waals surface area contributed by atoms with Gasteiger partial charge in [0, 0.05) is 12.1 Å². The fourth-order valence-electron chi connectivity index (χ4n) is 2.09. The van der Waals surface area contributed by atoms with Crippen molar-refractivity contribution in [3.05, 3.63) is 64.7 Å². The van der Waals surface area contributed by atoms with Gasteiger partial charge in [-0.15, -0.1) is 0 Å². The van der Waals surface area contributed by atoms with Crippen molar-refractivity contribution >= 4 is 17.4 Å². The van der Waals surface area contributed by atoms with Gasteiger partial charge in [-0.1, -0.05) is 41.9 Å². The molecule has 0 radical (unpaired) electrons. The SMILES string of the molecule is COc1cc(C(=O)C(CN)c2ccccc2)ccc1Cl. The quantitative estimate of drug-likeness (QED) is 0.860. The van der Waals surface area contributed by atoms with Crippen LogP contribution in [0.2, 0.25) is 5.02 Å². The van der Waals surface area contributed by atoms with Crippen LogP contribution in [0.1, 0.15) is 21.8 Å². The lowest BCUT2D eigenvalue weighted by atomic mass is 9.91. The highest BCUT2D eigenvalue weighted by atomic mass is 35.5. The predicted molar refractivity (Wildman–Crippen MR) is 80.6 cm³/mol. The smallest absolute Gasteiger partial charge is 0.171 e. The first kappa shape index (κ1) is 14.6. The molecule has 0 saturated heterocycles. The van der Waals surface area contributed by atoms with Crippen molar-refractivity contribution in [1.82, 2.24) is 0 Å². The van der Waals surface area contributed by atoms with Crippen LogP contribution in [0.5, 0.6) is 5.75 Å². The van der Waals surface area contributed by atoms with Gasteiger partial charge in [-0.25, -0.2) is 0 Å². The summed E-state index contributed by atoms with van der Waals surface area (Å²) in [5.41, 5.74) is 7.22. The van der Waals surface area contributed by atoms with E-state index in [4.69, 9.17) is 22.1 Å². The zero-order valence-electron chi connectivity index (χ0n) is 11.2. The van der Waals surface area contributed by atoms with Crippen LogP contribution in [-0.4, -0.2) is 19.4 Å². The largest absolute Gasteiger partial charge is 0.495 e. The summed E-state index contributed by atoms with van der Waals surface area (Å²) in [5.74, 6) is 0.0945. The fraction of sp³-hybridized carbons (Fsp3) is 0.188. The second kappa shape index (κ2) is 6.55. The molecule has 0 heterocycles. The molecule has 0 amide bonds. The van der Waals surface area contributed by atoms with E-state index in [1.165, 1.54) is 7.11 Å². The summed E-state index contributed by atoms with van der Waals surface area (Å²) < 4.78 is 5.14. The van der Waals surface area contributed by atoms with Gasteiger partial charge in [-0.05, 0) is 23.8 Å². The zero-order chi connectivity index (χ0) is 14.5. The summed E-state index contributed by atoms with van der Waals surface area (Å²) in [5, 5.41) is 0.480. The van der Waals surface area contributed by atoms with Crippen LogP contribution in [0.4, 0.5) is 0 Å². The number of hydrogen-bond acceptors (Lipinski definition) is 3. The van der Waals surface area contributed by atoms with Crippen molar-refractivity contribution in [3.8, 4) is 5.75 Å². The molecular weight excluding hydrogens is 274 g/mol. The van der Waals surface area contributed by atoms with E-state index in [1.54, 1.807) is 18.2 Å². The molecule has 2 rings (SSSR count). The van der Waals surface area contributed by atoms with Crippen molar-refractivity contribution in [2.45, 2.75) is 5.92 Å². The second-order valence-corrected chi connectivity index (χ2v) is 4.82. The van der Waals surface area contributed by atoms with Crippen molar-refractivity contribution in [2.24, 2.45) is 5.73 Å². The van der Waals surface area contributed by atoms with E-state index in [9.17, 15) is 4.79 Å². The number of rotatable bonds is 5. The molecule has 4 heteroatoms. The Kier molecular flexibility index (Phi) is 4.77. The van der Waals surface area contributed by atoms with Crippen molar-refractivity contribution in [1.29, 1.82) is 0 Å². The number of hydrogen-bond donors (Lipinski definition) is 1. The topological polar surface area (TPSA) is 52.3 Å². The molecule has 0 spiro atoms. The summed E-state index contributed by atoms with van der Waals surface area (Å²) in [6, 6.07) is 14.5. The molecule has 0 fully saturated rings. The third kappa shape index (κ3) is 3.00. The lowest BCUT2D eigenvalue weighted by molar-refractivity contribution is 0.0962. The Labute approximate surface area is 123 Å². The Morgan fingerprint density at radius 3 is 2.55 bits per heavy atom. The molecule has 0 aliphatic heterocycles. The van der Waals surface area contributed by atoms with Gasteiger partial charge in [0.25, 0.3) is 0 Å². The van der Waals surface area contributed by atoms with E-state index < -0.39 is 0 Å². The standard InChI is InChI=1S/C16H16ClNO2/c1-20-15-9-12(7-8-14(15)17)16(19)13(10-18)11-5-3-2-4-6-11/h2-9,13H,10,18H2,1H3. The third-order valence-corrected chi connectivity index (χ3v) is 3.50. The maximum Gasteiger partial charge on any atom is 0.171 e. The van der Waals surface area contributed by atoms with E-state index in [2.05, 4.69) is 0 Å². The highest BCUT2D eigenvalue weighted by molar-refractivity contribution is 6.32. The minimum Gasteiger partial charge on any atom is -0.495 e. The summed E-state index contributed by atoms with van der Waals surface area (Å²) in [7, 11) is 1.52. The van der Waals surface area contributed by atoms with Gasteiger partial charge in [0.1, 0.15) is 5.75 Å². The van der Waals surface area contributed by atoms with Crippen LogP contribution in [0, 0.1) is 0 Å². The number of carbonyl (C=O) groups is 1. The molecule has 0 aliphatic carbocycles. The first-order chi connectivity index (χ1) is 9.67. The van der Waals surface area contributed by atoms with Crippen LogP contribution in [0.25, 0.3) is 0 Å². The normalized spacial score (nSPS) is 11.9. The molecule has 104 valence electrons. The van der Waals surface area contributed by atoms with Crippen LogP contribution < -0.4 is 10.5 Å². The molecule has 1 atom stereocenters. The number of methoxy groups -OCH3 is 1. The Hall–Kier alpha value is -1.84. The minimum atomic E-state index is -0.359. The van der Waals surface area contributed by atoms with Crippen LogP contribution >= 0.6 is 11.6 Å². The van der Waals surface area contributed by atoms with E-state index in [0.29, 0.717) is 16.3 Å². The number of carbonyl (C=O) groups excluding carboxylic acids is 1. The van der Waals surface area contributed by atoms with Gasteiger partial charge >= 0.3 is 0 Å². The van der Waals surface area contributed by atoms with Gasteiger partial charge < -0.3 is 10.5 Å². The Balaban J connectivity index is 2.34. The summed E-state index contributed by atoms with van der Waals surface area (Å²) >= 11 is 5.97. The number of Topliss-reactive ketones (excluding diaryl/α,β-unsaturated/α-hetero) is 1. The van der Waals surface area contributed by atoms with Gasteiger partial charge in [0.2, 0.25) is 0 Å². The number of benzene rings is 2. The summed E-state index contributed by atoms with van der Waals surface area (Å²) in [6.45, 7) is 0.258. The van der Waals surface area contributed by atoms with Gasteiger partial charge in [-0.3, -0.25) is 4.79 Å². The van der Waals surface area contributed by atoms with Gasteiger partial charge in [0.05, 0.1) is 18.1 Å². The average Bonchev–Trinajstić information content (AvgIpc) is 2.49. The average molecular weight is 290 g/mol. The van der Waals surface area contributed by atoms with Crippen molar-refractivity contribution in [2.75, 3.05) is 13.7 Å². The number of ether oxygens (including phenoxy) is 1. The molecule has 20 heavy (non-hydrogen) atoms. The molecule has 0 saturated carbocycles. The Morgan fingerprint density at radius 1 is 1.25 bits per heavy atom. The maximum atomic E-state index is 12.6. The highest BCUT2D eigenvalue weighted by Gasteiger charge is 2.21. The van der Waals surface area contributed by atoms with Gasteiger partial charge in [-0.2, -0.15) is 0 Å². The van der Waals surface area contributed by atoms with E-state index in [0.717, 1.165) is 5.56 Å². The molecule has 1 unspecified atom stereocenters. The van der Waals surface area contributed by atoms with Crippen molar-refractivity contribution in [3.63, 3.8) is 0 Å². The number of nitrogens with two attached hydrogens (primary N) is 1. The Bertz CT molecular complexity index is 599. The minimum absolute atomic E-state index is 0.0336. The predicted octanol–water partition coefficient (Wildman–Crippen LogP) is 3.27. The fourth-order valence-corrected chi connectivity index (χ4v) is 2.29. The Morgan fingerprint density at radius 2 is 1.95 bits per heavy atom. The van der Waals surface area contributed by atoms with Crippen LogP contribution in [-0.2, 0) is 0 Å². The molecule has 3 nitrogen and oxygen atoms in total. The van der Waals surface area contributed by atoms with Gasteiger partial charge in [0.15, 0.2) is 5.78 Å². The first-order valence-electron chi connectivity index (χ1n) is 6.30. The van der Waals surface area contributed by atoms with E-state index in [1.807, 2.05) is 30.3 Å². The number of ketones is 1. The summed E-state index contributed by atoms with van der Waals surface area (Å²) in [4.78, 5) is 12.6. The van der Waals surface area contributed by atoms with Crippen LogP contribution in [0.3, 0.4) is 0 Å². The zero-order valence-corrected chi connectivity index (χ0v) is 11.9. The molecule has 0 aliphatic rings. The monoisotopic (exact) mass is 289 g/mol. The molecule has 2 aromatic carbocycles. The van der Waals surface area contributed by atoms with E-state index in [-0.39, 0.29) is 18.2 Å². The lowest BCUT2D eigenvalue weighted by Crippen LogP contribution is -2.21. The number of halogens is 1. The molecule has 0 aromatic heterocycles. The summed E-state index contributed by atoms with van der Waals surface area (Å²) in [6.07, 6.45) is 0. The highest BCUT2D eigenvalue weighted by Crippen LogP contribution is 2.28. The molecule has 0 bridgehead atoms. The lowest BCUT2D eigenvalue weighted by Gasteiger charge is -2.15. The third-order valence-electron chi connectivity index (χ3n) is 3.19. The van der Waals surface area contributed by atoms with Crippen molar-refractivity contribution < 1.29 is 9.53 Å². The second-order valence-electron chi connectivity index (χ2n) is 4.41. The van der Waals surface area contributed by atoms with E-state index >= 15 is 0 Å². The first-order valence-corrected chi connectivity index (χ1v) is 6.68. The van der Waals surface area contributed by atoms with Crippen LogP contribution in [0.15, 0.2) is 48.5 Å². The maximum absolute atomic E-state index is 12.6. The molecule has 2 aromatic rings.